The van der Waals surface area contributed by atoms with Crippen LogP contribution < -0.4 is 4.74 Å². The molecule has 0 spiro atoms. The van der Waals surface area contributed by atoms with E-state index in [4.69, 9.17) is 0 Å². The third kappa shape index (κ3) is 3.63. The van der Waals surface area contributed by atoms with Gasteiger partial charge in [-0.3, -0.25) is 25.0 Å². The number of esters is 1. The van der Waals surface area contributed by atoms with Gasteiger partial charge in [-0.1, -0.05) is 6.07 Å². The number of benzene rings is 1. The van der Waals surface area contributed by atoms with E-state index in [1.165, 1.54) is 6.07 Å². The normalized spacial score (nSPS) is 9.00. The van der Waals surface area contributed by atoms with E-state index in [1.807, 2.05) is 0 Å². The zero-order chi connectivity index (χ0) is 12.3. The summed E-state index contributed by atoms with van der Waals surface area (Å²) in [6.07, 6.45) is 0. The molecule has 0 unspecified atom stereocenters. The molecule has 0 aliphatic heterocycles. The maximum absolute atomic E-state index is 10.7. The number of hydrogen-bond donors (Lipinski definition) is 0. The fraction of sp³-hybridized carbons (Fsp3) is 0.125. The van der Waals surface area contributed by atoms with Gasteiger partial charge in [-0.25, -0.2) is 0 Å². The van der Waals surface area contributed by atoms with E-state index in [9.17, 15) is 25.0 Å². The van der Waals surface area contributed by atoms with Crippen molar-refractivity contribution in [1.82, 2.24) is 0 Å². The van der Waals surface area contributed by atoms with E-state index in [-0.39, 0.29) is 22.4 Å². The van der Waals surface area contributed by atoms with Crippen molar-refractivity contribution in [2.24, 2.45) is 0 Å². The number of carbonyl (C=O) groups is 1. The molecule has 1 aromatic carbocycles. The average molecular weight is 334 g/mol. The molecule has 0 N–H and O–H groups in total. The molecule has 0 aromatic heterocycles. The number of ether oxygens (including phenoxy) is 1. The molecule has 0 aliphatic rings. The minimum absolute atomic E-state index is 0. The number of nitrogens with zero attached hydrogens (tertiary/aromatic N) is 2. The van der Waals surface area contributed by atoms with Gasteiger partial charge in [0.25, 0.3) is 0 Å². The minimum atomic E-state index is -0.962. The van der Waals surface area contributed by atoms with Crippen LogP contribution in [0.1, 0.15) is 6.92 Å². The zero-order valence-electron chi connectivity index (χ0n) is 8.38. The molecule has 8 nitrogen and oxygen atoms in total. The standard InChI is InChI=1S/C8H6N2O6.Ag/c1-5(11)16-7-4-2-3-6(9(12)13)8(7)10(14)15;/h2-4H,1H3;. The minimum Gasteiger partial charge on any atom is -0.419 e. The van der Waals surface area contributed by atoms with Crippen molar-refractivity contribution in [2.45, 2.75) is 6.92 Å². The Kier molecular flexibility index (Phi) is 5.45. The summed E-state index contributed by atoms with van der Waals surface area (Å²) in [6.45, 7) is 1.04. The Morgan fingerprint density at radius 1 is 1.24 bits per heavy atom. The molecule has 0 heterocycles. The molecule has 0 saturated heterocycles. The van der Waals surface area contributed by atoms with Gasteiger partial charge in [-0.15, -0.1) is 0 Å². The number of nitro benzene ring substituents is 2. The van der Waals surface area contributed by atoms with Gasteiger partial charge in [0.15, 0.2) is 0 Å². The summed E-state index contributed by atoms with van der Waals surface area (Å²) in [6, 6.07) is 3.28. The van der Waals surface area contributed by atoms with Crippen LogP contribution in [0.3, 0.4) is 0 Å². The van der Waals surface area contributed by atoms with Crippen molar-refractivity contribution in [2.75, 3.05) is 0 Å². The second-order valence-corrected chi connectivity index (χ2v) is 2.73. The van der Waals surface area contributed by atoms with Crippen LogP contribution in [0.5, 0.6) is 5.75 Å². The molecule has 0 bridgehead atoms. The van der Waals surface area contributed by atoms with Gasteiger partial charge in [-0.05, 0) is 6.07 Å². The van der Waals surface area contributed by atoms with Crippen LogP contribution in [0, 0.1) is 20.2 Å². The Labute approximate surface area is 110 Å². The fourth-order valence-corrected chi connectivity index (χ4v) is 1.08. The van der Waals surface area contributed by atoms with Gasteiger partial charge in [0.05, 0.1) is 9.85 Å². The van der Waals surface area contributed by atoms with Crippen LogP contribution in [0.25, 0.3) is 0 Å². The third-order valence-corrected chi connectivity index (χ3v) is 1.61. The molecule has 95 valence electrons. The van der Waals surface area contributed by atoms with Crippen molar-refractivity contribution >= 4 is 17.3 Å². The largest absolute Gasteiger partial charge is 0.419 e. The first-order valence-corrected chi connectivity index (χ1v) is 4.03. The number of carbonyl (C=O) groups excluding carboxylic acids is 1. The second-order valence-electron chi connectivity index (χ2n) is 2.73. The van der Waals surface area contributed by atoms with Crippen molar-refractivity contribution in [3.05, 3.63) is 38.4 Å². The number of nitro groups is 2. The Balaban J connectivity index is 0.00000256. The van der Waals surface area contributed by atoms with Crippen LogP contribution in [0.2, 0.25) is 0 Å². The van der Waals surface area contributed by atoms with E-state index in [0.717, 1.165) is 19.1 Å². The van der Waals surface area contributed by atoms with Gasteiger partial charge >= 0.3 is 17.3 Å². The first kappa shape index (κ1) is 15.2. The number of para-hydroxylation sites is 1. The predicted octanol–water partition coefficient (Wildman–Crippen LogP) is 1.43. The van der Waals surface area contributed by atoms with Gasteiger partial charge in [0, 0.05) is 35.4 Å². The summed E-state index contributed by atoms with van der Waals surface area (Å²) in [4.78, 5) is 29.9. The van der Waals surface area contributed by atoms with Crippen molar-refractivity contribution < 1.29 is 41.8 Å². The van der Waals surface area contributed by atoms with Gasteiger partial charge < -0.3 is 4.74 Å². The van der Waals surface area contributed by atoms with Crippen LogP contribution in [0.15, 0.2) is 18.2 Å². The monoisotopic (exact) mass is 333 g/mol. The van der Waals surface area contributed by atoms with Crippen molar-refractivity contribution in [3.8, 4) is 5.75 Å². The molecule has 1 rings (SSSR count). The van der Waals surface area contributed by atoms with Gasteiger partial charge in [0.2, 0.25) is 5.75 Å². The molecule has 1 aromatic rings. The summed E-state index contributed by atoms with van der Waals surface area (Å²) in [7, 11) is 0. The molecule has 0 fully saturated rings. The van der Waals surface area contributed by atoms with Crippen LogP contribution >= 0.6 is 0 Å². The molecule has 0 atom stereocenters. The maximum Gasteiger partial charge on any atom is 0.388 e. The fourth-order valence-electron chi connectivity index (χ4n) is 1.08. The Morgan fingerprint density at radius 3 is 2.24 bits per heavy atom. The molecule has 17 heavy (non-hydrogen) atoms. The zero-order valence-corrected chi connectivity index (χ0v) is 9.86. The topological polar surface area (TPSA) is 113 Å². The summed E-state index contributed by atoms with van der Waals surface area (Å²) >= 11 is 0. The van der Waals surface area contributed by atoms with Crippen molar-refractivity contribution in [3.63, 3.8) is 0 Å². The van der Waals surface area contributed by atoms with Crippen molar-refractivity contribution in [1.29, 1.82) is 0 Å². The molecular formula is C8H6AgN2O6. The smallest absolute Gasteiger partial charge is 0.388 e. The molecule has 9 heteroatoms. The van der Waals surface area contributed by atoms with Crippen LogP contribution in [-0.2, 0) is 27.2 Å². The molecule has 0 aliphatic carbocycles. The van der Waals surface area contributed by atoms with Gasteiger partial charge in [0.1, 0.15) is 0 Å². The first-order chi connectivity index (χ1) is 7.43. The Bertz CT molecular complexity index is 475. The van der Waals surface area contributed by atoms with Crippen LogP contribution in [-0.4, -0.2) is 15.8 Å². The molecule has 1 radical (unpaired) electrons. The molecule has 0 saturated carbocycles. The van der Waals surface area contributed by atoms with E-state index >= 15 is 0 Å². The van der Waals surface area contributed by atoms with E-state index in [1.54, 1.807) is 0 Å². The second kappa shape index (κ2) is 6.09. The summed E-state index contributed by atoms with van der Waals surface area (Å²) < 4.78 is 4.51. The Hall–Kier alpha value is -1.77. The van der Waals surface area contributed by atoms with E-state index in [2.05, 4.69) is 4.74 Å². The molecular weight excluding hydrogens is 328 g/mol. The molecule has 0 amide bonds. The first-order valence-electron chi connectivity index (χ1n) is 4.03. The van der Waals surface area contributed by atoms with E-state index in [0.29, 0.717) is 0 Å². The third-order valence-electron chi connectivity index (χ3n) is 1.61. The Morgan fingerprint density at radius 2 is 1.82 bits per heavy atom. The van der Waals surface area contributed by atoms with Gasteiger partial charge in [-0.2, -0.15) is 0 Å². The summed E-state index contributed by atoms with van der Waals surface area (Å²) in [5.74, 6) is -1.23. The quantitative estimate of drug-likeness (QED) is 0.272. The summed E-state index contributed by atoms with van der Waals surface area (Å²) in [5.41, 5.74) is -1.55. The predicted molar refractivity (Wildman–Crippen MR) is 51.1 cm³/mol. The maximum atomic E-state index is 10.7. The van der Waals surface area contributed by atoms with E-state index < -0.39 is 32.9 Å². The average Bonchev–Trinajstić information content (AvgIpc) is 2.15. The SMILES string of the molecule is CC(=O)Oc1cccc([N+](=O)[O-])c1[N+](=O)[O-].[Ag]. The number of rotatable bonds is 3. The summed E-state index contributed by atoms with van der Waals surface area (Å²) in [5, 5.41) is 21.2. The number of hydrogen-bond acceptors (Lipinski definition) is 6. The van der Waals surface area contributed by atoms with Crippen LogP contribution in [0.4, 0.5) is 11.4 Å².